The lowest BCUT2D eigenvalue weighted by atomic mass is 10.1. The first-order chi connectivity index (χ1) is 8.20. The van der Waals surface area contributed by atoms with E-state index < -0.39 is 0 Å². The fraction of sp³-hybridized carbons (Fsp3) is 0.538. The van der Waals surface area contributed by atoms with Crippen molar-refractivity contribution in [2.75, 3.05) is 24.5 Å². The van der Waals surface area contributed by atoms with Crippen molar-refractivity contribution in [3.8, 4) is 0 Å². The average Bonchev–Trinajstić information content (AvgIpc) is 2.57. The highest BCUT2D eigenvalue weighted by molar-refractivity contribution is 5.48. The average molecular weight is 240 g/mol. The summed E-state index contributed by atoms with van der Waals surface area (Å²) >= 11 is 0. The third-order valence-electron chi connectivity index (χ3n) is 3.30. The Bertz CT molecular complexity index is 382. The van der Waals surface area contributed by atoms with Crippen LogP contribution in [0.5, 0.6) is 0 Å². The number of nitrogens with one attached hydrogen (secondary N) is 1. The number of hydrogen-bond acceptors (Lipinski definition) is 2. The van der Waals surface area contributed by atoms with Gasteiger partial charge < -0.3 is 10.2 Å². The number of nitrogens with zero attached hydrogens (tertiary/aromatic N) is 1. The molecule has 1 atom stereocenters. The SMILES string of the molecule is CCC1CCN(c2cc(F)ccc2F)CCN1. The van der Waals surface area contributed by atoms with E-state index in [-0.39, 0.29) is 11.6 Å². The molecular weight excluding hydrogens is 222 g/mol. The van der Waals surface area contributed by atoms with Crippen molar-refractivity contribution in [1.82, 2.24) is 5.32 Å². The quantitative estimate of drug-likeness (QED) is 0.854. The molecule has 4 heteroatoms. The van der Waals surface area contributed by atoms with E-state index in [2.05, 4.69) is 12.2 Å². The van der Waals surface area contributed by atoms with Crippen LogP contribution in [0.25, 0.3) is 0 Å². The standard InChI is InChI=1S/C13H18F2N2/c1-2-11-5-7-17(8-6-16-11)13-9-10(14)3-4-12(13)15/h3-4,9,11,16H,2,5-8H2,1H3. The van der Waals surface area contributed by atoms with Gasteiger partial charge in [0, 0.05) is 31.7 Å². The number of anilines is 1. The van der Waals surface area contributed by atoms with Crippen LogP contribution in [-0.2, 0) is 0 Å². The Labute approximate surface area is 101 Å². The summed E-state index contributed by atoms with van der Waals surface area (Å²) in [5, 5.41) is 3.41. The van der Waals surface area contributed by atoms with Crippen LogP contribution in [0.15, 0.2) is 18.2 Å². The zero-order valence-electron chi connectivity index (χ0n) is 10.0. The van der Waals surface area contributed by atoms with Crippen molar-refractivity contribution in [2.24, 2.45) is 0 Å². The topological polar surface area (TPSA) is 15.3 Å². The predicted octanol–water partition coefficient (Wildman–Crippen LogP) is 2.54. The highest BCUT2D eigenvalue weighted by Gasteiger charge is 2.18. The van der Waals surface area contributed by atoms with Crippen LogP contribution in [0.4, 0.5) is 14.5 Å². The molecule has 2 rings (SSSR count). The van der Waals surface area contributed by atoms with Gasteiger partial charge in [0.1, 0.15) is 11.6 Å². The molecule has 1 aromatic carbocycles. The molecule has 1 fully saturated rings. The minimum Gasteiger partial charge on any atom is -0.368 e. The Kier molecular flexibility index (Phi) is 3.94. The van der Waals surface area contributed by atoms with Crippen LogP contribution in [0.3, 0.4) is 0 Å². The van der Waals surface area contributed by atoms with E-state index in [9.17, 15) is 8.78 Å². The van der Waals surface area contributed by atoms with Crippen LogP contribution >= 0.6 is 0 Å². The summed E-state index contributed by atoms with van der Waals surface area (Å²) in [7, 11) is 0. The summed E-state index contributed by atoms with van der Waals surface area (Å²) in [4.78, 5) is 1.92. The molecule has 0 radical (unpaired) electrons. The molecule has 1 aliphatic heterocycles. The van der Waals surface area contributed by atoms with Gasteiger partial charge in [0.15, 0.2) is 0 Å². The third kappa shape index (κ3) is 2.94. The van der Waals surface area contributed by atoms with Gasteiger partial charge in [-0.25, -0.2) is 8.78 Å². The van der Waals surface area contributed by atoms with Crippen LogP contribution in [0.1, 0.15) is 19.8 Å². The summed E-state index contributed by atoms with van der Waals surface area (Å²) in [5.74, 6) is -0.730. The van der Waals surface area contributed by atoms with Crippen molar-refractivity contribution in [2.45, 2.75) is 25.8 Å². The largest absolute Gasteiger partial charge is 0.368 e. The number of hydrogen-bond donors (Lipinski definition) is 1. The Hall–Kier alpha value is -1.16. The van der Waals surface area contributed by atoms with E-state index in [1.165, 1.54) is 12.1 Å². The molecule has 1 heterocycles. The zero-order chi connectivity index (χ0) is 12.3. The molecule has 0 spiro atoms. The Morgan fingerprint density at radius 3 is 2.94 bits per heavy atom. The molecule has 17 heavy (non-hydrogen) atoms. The highest BCUT2D eigenvalue weighted by Crippen LogP contribution is 2.21. The van der Waals surface area contributed by atoms with Crippen LogP contribution < -0.4 is 10.2 Å². The summed E-state index contributed by atoms with van der Waals surface area (Å²) in [6.45, 7) is 4.44. The van der Waals surface area contributed by atoms with E-state index in [0.717, 1.165) is 38.5 Å². The molecule has 1 unspecified atom stereocenters. The summed E-state index contributed by atoms with van der Waals surface area (Å²) in [6.07, 6.45) is 2.03. The Balaban J connectivity index is 2.13. The number of benzene rings is 1. The van der Waals surface area contributed by atoms with Crippen molar-refractivity contribution < 1.29 is 8.78 Å². The maximum atomic E-state index is 13.6. The second-order valence-electron chi connectivity index (χ2n) is 4.43. The highest BCUT2D eigenvalue weighted by atomic mass is 19.1. The van der Waals surface area contributed by atoms with Gasteiger partial charge in [-0.15, -0.1) is 0 Å². The predicted molar refractivity (Wildman–Crippen MR) is 65.3 cm³/mol. The van der Waals surface area contributed by atoms with Crippen molar-refractivity contribution in [3.05, 3.63) is 29.8 Å². The fourth-order valence-electron chi connectivity index (χ4n) is 2.25. The van der Waals surface area contributed by atoms with Gasteiger partial charge in [0.05, 0.1) is 5.69 Å². The van der Waals surface area contributed by atoms with Crippen LogP contribution in [-0.4, -0.2) is 25.7 Å². The molecule has 94 valence electrons. The lowest BCUT2D eigenvalue weighted by molar-refractivity contribution is 0.509. The van der Waals surface area contributed by atoms with Crippen LogP contribution in [0.2, 0.25) is 0 Å². The fourth-order valence-corrected chi connectivity index (χ4v) is 2.25. The molecule has 0 bridgehead atoms. The molecule has 2 nitrogen and oxygen atoms in total. The first-order valence-corrected chi connectivity index (χ1v) is 6.14. The number of halogens is 2. The minimum atomic E-state index is -0.384. The monoisotopic (exact) mass is 240 g/mol. The molecule has 0 aliphatic carbocycles. The first-order valence-electron chi connectivity index (χ1n) is 6.14. The van der Waals surface area contributed by atoms with E-state index in [4.69, 9.17) is 0 Å². The first kappa shape index (κ1) is 12.3. The van der Waals surface area contributed by atoms with E-state index in [1.807, 2.05) is 4.90 Å². The maximum Gasteiger partial charge on any atom is 0.146 e. The van der Waals surface area contributed by atoms with E-state index in [0.29, 0.717) is 11.7 Å². The normalized spacial score (nSPS) is 21.4. The second-order valence-corrected chi connectivity index (χ2v) is 4.43. The molecule has 1 N–H and O–H groups in total. The zero-order valence-corrected chi connectivity index (χ0v) is 10.0. The van der Waals surface area contributed by atoms with E-state index in [1.54, 1.807) is 0 Å². The van der Waals surface area contributed by atoms with Gasteiger partial charge >= 0.3 is 0 Å². The van der Waals surface area contributed by atoms with Gasteiger partial charge in [0.2, 0.25) is 0 Å². The second kappa shape index (κ2) is 5.45. The lowest BCUT2D eigenvalue weighted by Gasteiger charge is -2.22. The van der Waals surface area contributed by atoms with Gasteiger partial charge in [-0.3, -0.25) is 0 Å². The molecule has 0 amide bonds. The van der Waals surface area contributed by atoms with E-state index >= 15 is 0 Å². The summed E-state index contributed by atoms with van der Waals surface area (Å²) in [5.41, 5.74) is 0.378. The van der Waals surface area contributed by atoms with Gasteiger partial charge in [-0.2, -0.15) is 0 Å². The molecule has 0 saturated carbocycles. The van der Waals surface area contributed by atoms with Crippen molar-refractivity contribution in [1.29, 1.82) is 0 Å². The molecule has 1 aromatic rings. The van der Waals surface area contributed by atoms with Crippen molar-refractivity contribution >= 4 is 5.69 Å². The molecule has 1 aliphatic rings. The Morgan fingerprint density at radius 2 is 2.18 bits per heavy atom. The molecule has 0 aromatic heterocycles. The smallest absolute Gasteiger partial charge is 0.146 e. The maximum absolute atomic E-state index is 13.6. The molecule has 1 saturated heterocycles. The van der Waals surface area contributed by atoms with Crippen molar-refractivity contribution in [3.63, 3.8) is 0 Å². The minimum absolute atomic E-state index is 0.346. The third-order valence-corrected chi connectivity index (χ3v) is 3.30. The lowest BCUT2D eigenvalue weighted by Crippen LogP contribution is -2.30. The summed E-state index contributed by atoms with van der Waals surface area (Å²) < 4.78 is 26.8. The molecular formula is C13H18F2N2. The van der Waals surface area contributed by atoms with Gasteiger partial charge in [-0.1, -0.05) is 6.92 Å². The van der Waals surface area contributed by atoms with Gasteiger partial charge in [0.25, 0.3) is 0 Å². The summed E-state index contributed by atoms with van der Waals surface area (Å²) in [6, 6.07) is 4.11. The van der Waals surface area contributed by atoms with Crippen LogP contribution in [0, 0.1) is 11.6 Å². The van der Waals surface area contributed by atoms with Gasteiger partial charge in [-0.05, 0) is 25.0 Å². The number of rotatable bonds is 2. The Morgan fingerprint density at radius 1 is 1.35 bits per heavy atom.